The number of carbonyl (C=O) groups is 1. The molecule has 0 aliphatic heterocycles. The van der Waals surface area contributed by atoms with E-state index in [0.717, 1.165) is 68.8 Å². The lowest BCUT2D eigenvalue weighted by molar-refractivity contribution is 0.0697. The van der Waals surface area contributed by atoms with E-state index < -0.39 is 5.97 Å². The minimum Gasteiger partial charge on any atom is -0.478 e. The molecule has 0 saturated carbocycles. The SMILES string of the molecule is CCCc1nc2c(C)cc(-c3cn(C)cn3)cc2n1Cc1ccc(-c2ccccc2C(=O)O)c(C(C)(C)C)c1. The normalized spacial score (nSPS) is 11.8. The van der Waals surface area contributed by atoms with Crippen LogP contribution in [-0.2, 0) is 25.4 Å². The van der Waals surface area contributed by atoms with Crippen molar-refractivity contribution in [1.29, 1.82) is 0 Å². The third-order valence-corrected chi connectivity index (χ3v) is 7.28. The summed E-state index contributed by atoms with van der Waals surface area (Å²) in [5.41, 5.74) is 9.44. The fourth-order valence-electron chi connectivity index (χ4n) is 5.37. The lowest BCUT2D eigenvalue weighted by Crippen LogP contribution is -2.15. The second-order valence-corrected chi connectivity index (χ2v) is 11.4. The molecule has 6 nitrogen and oxygen atoms in total. The maximum absolute atomic E-state index is 12.0. The molecule has 5 rings (SSSR count). The van der Waals surface area contributed by atoms with Gasteiger partial charge in [-0.15, -0.1) is 0 Å². The molecule has 0 spiro atoms. The van der Waals surface area contributed by atoms with E-state index in [1.165, 1.54) is 0 Å². The number of carboxylic acids is 1. The summed E-state index contributed by atoms with van der Waals surface area (Å²) in [5.74, 6) is 0.161. The predicted molar refractivity (Wildman–Crippen MR) is 157 cm³/mol. The number of benzene rings is 3. The lowest BCUT2D eigenvalue weighted by atomic mass is 9.80. The van der Waals surface area contributed by atoms with Gasteiger partial charge in [0.25, 0.3) is 0 Å². The van der Waals surface area contributed by atoms with Gasteiger partial charge in [0.1, 0.15) is 5.82 Å². The highest BCUT2D eigenvalue weighted by molar-refractivity contribution is 5.96. The van der Waals surface area contributed by atoms with Gasteiger partial charge in [-0.25, -0.2) is 14.8 Å². The van der Waals surface area contributed by atoms with E-state index in [0.29, 0.717) is 12.1 Å². The molecule has 6 heteroatoms. The average molecular weight is 521 g/mol. The number of aromatic carboxylic acids is 1. The molecular weight excluding hydrogens is 484 g/mol. The van der Waals surface area contributed by atoms with Gasteiger partial charge in [-0.1, -0.05) is 64.1 Å². The lowest BCUT2D eigenvalue weighted by Gasteiger charge is -2.25. The van der Waals surface area contributed by atoms with Gasteiger partial charge in [-0.3, -0.25) is 0 Å². The minimum absolute atomic E-state index is 0.178. The molecule has 2 heterocycles. The Morgan fingerprint density at radius 1 is 1.03 bits per heavy atom. The van der Waals surface area contributed by atoms with Crippen molar-refractivity contribution >= 4 is 17.0 Å². The Kier molecular flexibility index (Phi) is 6.89. The zero-order valence-corrected chi connectivity index (χ0v) is 23.6. The summed E-state index contributed by atoms with van der Waals surface area (Å²) >= 11 is 0. The molecule has 39 heavy (non-hydrogen) atoms. The minimum atomic E-state index is -0.914. The molecular formula is C33H36N4O2. The summed E-state index contributed by atoms with van der Waals surface area (Å²) in [7, 11) is 1.98. The largest absolute Gasteiger partial charge is 0.478 e. The van der Waals surface area contributed by atoms with Gasteiger partial charge < -0.3 is 14.2 Å². The van der Waals surface area contributed by atoms with E-state index in [9.17, 15) is 9.90 Å². The smallest absolute Gasteiger partial charge is 0.336 e. The van der Waals surface area contributed by atoms with Gasteiger partial charge in [0.2, 0.25) is 0 Å². The summed E-state index contributed by atoms with van der Waals surface area (Å²) in [6, 6.07) is 18.1. The fourth-order valence-corrected chi connectivity index (χ4v) is 5.37. The van der Waals surface area contributed by atoms with E-state index in [2.05, 4.69) is 74.5 Å². The summed E-state index contributed by atoms with van der Waals surface area (Å²) in [6.07, 6.45) is 5.77. The number of hydrogen-bond acceptors (Lipinski definition) is 3. The summed E-state index contributed by atoms with van der Waals surface area (Å²) in [5, 5.41) is 9.84. The third kappa shape index (κ3) is 5.11. The van der Waals surface area contributed by atoms with Crippen LogP contribution in [0.4, 0.5) is 0 Å². The first-order valence-corrected chi connectivity index (χ1v) is 13.5. The van der Waals surface area contributed by atoms with Crippen LogP contribution in [0.1, 0.15) is 67.0 Å². The van der Waals surface area contributed by atoms with Crippen LogP contribution in [0.3, 0.4) is 0 Å². The molecule has 1 N–H and O–H groups in total. The first-order valence-electron chi connectivity index (χ1n) is 13.5. The molecule has 0 unspecified atom stereocenters. The maximum atomic E-state index is 12.0. The number of fused-ring (bicyclic) bond motifs is 1. The highest BCUT2D eigenvalue weighted by Gasteiger charge is 2.23. The van der Waals surface area contributed by atoms with Crippen LogP contribution in [0.5, 0.6) is 0 Å². The molecule has 0 amide bonds. The summed E-state index contributed by atoms with van der Waals surface area (Å²) < 4.78 is 4.30. The van der Waals surface area contributed by atoms with Crippen molar-refractivity contribution in [2.75, 3.05) is 0 Å². The van der Waals surface area contributed by atoms with E-state index >= 15 is 0 Å². The van der Waals surface area contributed by atoms with E-state index in [1.807, 2.05) is 36.3 Å². The van der Waals surface area contributed by atoms with Crippen molar-refractivity contribution < 1.29 is 9.90 Å². The molecule has 0 bridgehead atoms. The Labute approximate surface area is 230 Å². The van der Waals surface area contributed by atoms with Gasteiger partial charge >= 0.3 is 5.97 Å². The summed E-state index contributed by atoms with van der Waals surface area (Å²) in [6.45, 7) is 11.5. The van der Waals surface area contributed by atoms with Crippen LogP contribution in [0.2, 0.25) is 0 Å². The van der Waals surface area contributed by atoms with Crippen molar-refractivity contribution in [3.8, 4) is 22.4 Å². The third-order valence-electron chi connectivity index (χ3n) is 7.28. The van der Waals surface area contributed by atoms with Crippen LogP contribution in [0, 0.1) is 6.92 Å². The van der Waals surface area contributed by atoms with Crippen LogP contribution >= 0.6 is 0 Å². The zero-order chi connectivity index (χ0) is 27.9. The standard InChI is InChI=1S/C33H36N4O2/c1-7-10-30-35-31-21(2)15-23(28-19-36(6)20-34-28)17-29(31)37(30)18-22-13-14-25(27(16-22)33(3,4)5)24-11-8-9-12-26(24)32(38)39/h8-9,11-17,19-20H,7,10,18H2,1-6H3,(H,38,39). The second kappa shape index (κ2) is 10.2. The number of carboxylic acid groups (broad SMARTS) is 1. The Balaban J connectivity index is 1.65. The molecule has 2 aromatic heterocycles. The van der Waals surface area contributed by atoms with E-state index in [1.54, 1.807) is 12.1 Å². The maximum Gasteiger partial charge on any atom is 0.336 e. The van der Waals surface area contributed by atoms with E-state index in [4.69, 9.17) is 4.98 Å². The molecule has 0 aliphatic carbocycles. The molecule has 0 saturated heterocycles. The zero-order valence-electron chi connectivity index (χ0n) is 23.6. The first-order chi connectivity index (χ1) is 18.6. The average Bonchev–Trinajstić information content (AvgIpc) is 3.48. The predicted octanol–water partition coefficient (Wildman–Crippen LogP) is 7.41. The highest BCUT2D eigenvalue weighted by atomic mass is 16.4. The first kappa shape index (κ1) is 26.4. The van der Waals surface area contributed by atoms with Gasteiger partial charge in [0, 0.05) is 31.8 Å². The van der Waals surface area contributed by atoms with Gasteiger partial charge in [0.05, 0.1) is 28.6 Å². The summed E-state index contributed by atoms with van der Waals surface area (Å²) in [4.78, 5) is 21.7. The quantitative estimate of drug-likeness (QED) is 0.242. The molecule has 0 radical (unpaired) electrons. The Hall–Kier alpha value is -4.19. The van der Waals surface area contributed by atoms with Crippen molar-refractivity contribution in [1.82, 2.24) is 19.1 Å². The Morgan fingerprint density at radius 3 is 2.46 bits per heavy atom. The molecule has 0 fully saturated rings. The number of imidazole rings is 2. The topological polar surface area (TPSA) is 72.9 Å². The monoisotopic (exact) mass is 520 g/mol. The number of nitrogens with zero attached hydrogens (tertiary/aromatic N) is 4. The molecule has 3 aromatic carbocycles. The van der Waals surface area contributed by atoms with Gasteiger partial charge in [-0.2, -0.15) is 0 Å². The van der Waals surface area contributed by atoms with Gasteiger partial charge in [-0.05, 0) is 64.8 Å². The molecule has 5 aromatic rings. The van der Waals surface area contributed by atoms with Crippen molar-refractivity contribution in [3.05, 3.63) is 95.2 Å². The Bertz CT molecular complexity index is 1680. The number of aromatic nitrogens is 4. The van der Waals surface area contributed by atoms with Crippen molar-refractivity contribution in [2.24, 2.45) is 7.05 Å². The van der Waals surface area contributed by atoms with E-state index in [-0.39, 0.29) is 5.41 Å². The van der Waals surface area contributed by atoms with Crippen LogP contribution < -0.4 is 0 Å². The molecule has 0 atom stereocenters. The van der Waals surface area contributed by atoms with Crippen LogP contribution in [0.15, 0.2) is 67.1 Å². The second-order valence-electron chi connectivity index (χ2n) is 11.4. The number of aryl methyl sites for hydroxylation is 3. The van der Waals surface area contributed by atoms with Gasteiger partial charge in [0.15, 0.2) is 0 Å². The number of rotatable bonds is 7. The molecule has 200 valence electrons. The van der Waals surface area contributed by atoms with Crippen LogP contribution in [-0.4, -0.2) is 30.2 Å². The Morgan fingerprint density at radius 2 is 1.79 bits per heavy atom. The van der Waals surface area contributed by atoms with Crippen LogP contribution in [0.25, 0.3) is 33.4 Å². The number of hydrogen-bond donors (Lipinski definition) is 1. The fraction of sp³-hybridized carbons (Fsp3) is 0.303. The van der Waals surface area contributed by atoms with Crippen molar-refractivity contribution in [2.45, 2.75) is 59.4 Å². The molecule has 0 aliphatic rings. The van der Waals surface area contributed by atoms with Crippen molar-refractivity contribution in [3.63, 3.8) is 0 Å². The highest BCUT2D eigenvalue weighted by Crippen LogP contribution is 2.36.